The van der Waals surface area contributed by atoms with Gasteiger partial charge in [-0.25, -0.2) is 0 Å². The van der Waals surface area contributed by atoms with E-state index in [1.54, 1.807) is 0 Å². The number of hydrogen-bond donors (Lipinski definition) is 3. The first-order valence-corrected chi connectivity index (χ1v) is 4.93. The lowest BCUT2D eigenvalue weighted by molar-refractivity contribution is 0.526. The van der Waals surface area contributed by atoms with E-state index in [1.165, 1.54) is 18.4 Å². The lowest BCUT2D eigenvalue weighted by Gasteiger charge is -2.15. The molecule has 1 saturated carbocycles. The summed E-state index contributed by atoms with van der Waals surface area (Å²) in [6, 6.07) is 3.34. The molecular weight excluding hydrogens is 162 g/mol. The Labute approximate surface area is 78.9 Å². The van der Waals surface area contributed by atoms with Crippen molar-refractivity contribution in [2.24, 2.45) is 0 Å². The Bertz CT molecular complexity index is 239. The lowest BCUT2D eigenvalue weighted by atomic mass is 10.1. The highest BCUT2D eigenvalue weighted by Crippen LogP contribution is 2.20. The summed E-state index contributed by atoms with van der Waals surface area (Å²) in [6.45, 7) is 1.03. The molecule has 0 bridgehead atoms. The quantitative estimate of drug-likeness (QED) is 0.631. The molecular formula is C10H17N3. The molecule has 1 aliphatic rings. The first-order valence-electron chi connectivity index (χ1n) is 4.93. The van der Waals surface area contributed by atoms with E-state index in [-0.39, 0.29) is 0 Å². The number of aromatic nitrogens is 1. The number of rotatable bonds is 5. The van der Waals surface area contributed by atoms with Gasteiger partial charge in [-0.3, -0.25) is 0 Å². The Hall–Kier alpha value is -0.800. The normalized spacial score (nSPS) is 18.8. The van der Waals surface area contributed by atoms with E-state index in [0.29, 0.717) is 6.04 Å². The second-order valence-electron chi connectivity index (χ2n) is 3.67. The first-order chi connectivity index (χ1) is 6.40. The van der Waals surface area contributed by atoms with Crippen molar-refractivity contribution in [2.75, 3.05) is 13.6 Å². The van der Waals surface area contributed by atoms with E-state index in [0.717, 1.165) is 12.6 Å². The van der Waals surface area contributed by atoms with Crippen LogP contribution in [0.25, 0.3) is 0 Å². The van der Waals surface area contributed by atoms with Crippen molar-refractivity contribution < 1.29 is 0 Å². The minimum absolute atomic E-state index is 0.437. The molecule has 1 unspecified atom stereocenters. The SMILES string of the molecule is CNC(CNC1CC1)c1cc[nH]c1. The van der Waals surface area contributed by atoms with E-state index in [4.69, 9.17) is 0 Å². The molecule has 1 aromatic rings. The summed E-state index contributed by atoms with van der Waals surface area (Å²) in [4.78, 5) is 3.08. The first kappa shape index (κ1) is 8.78. The second-order valence-corrected chi connectivity index (χ2v) is 3.67. The van der Waals surface area contributed by atoms with Gasteiger partial charge in [0, 0.05) is 31.0 Å². The summed E-state index contributed by atoms with van der Waals surface area (Å²) < 4.78 is 0. The van der Waals surface area contributed by atoms with E-state index in [1.807, 2.05) is 13.2 Å². The van der Waals surface area contributed by atoms with Crippen LogP contribution < -0.4 is 10.6 Å². The van der Waals surface area contributed by atoms with Crippen LogP contribution in [0.2, 0.25) is 0 Å². The van der Waals surface area contributed by atoms with E-state index in [9.17, 15) is 0 Å². The molecule has 3 N–H and O–H groups in total. The highest BCUT2D eigenvalue weighted by molar-refractivity contribution is 5.14. The van der Waals surface area contributed by atoms with Crippen molar-refractivity contribution in [3.63, 3.8) is 0 Å². The molecule has 1 aromatic heterocycles. The minimum atomic E-state index is 0.437. The summed E-state index contributed by atoms with van der Waals surface area (Å²) in [5.74, 6) is 0. The third-order valence-electron chi connectivity index (χ3n) is 2.56. The van der Waals surface area contributed by atoms with Gasteiger partial charge in [0.15, 0.2) is 0 Å². The Morgan fingerprint density at radius 3 is 3.00 bits per heavy atom. The van der Waals surface area contributed by atoms with Crippen LogP contribution in [-0.4, -0.2) is 24.6 Å². The van der Waals surface area contributed by atoms with Crippen LogP contribution in [-0.2, 0) is 0 Å². The minimum Gasteiger partial charge on any atom is -0.367 e. The summed E-state index contributed by atoms with van der Waals surface area (Å²) in [5, 5.41) is 6.82. The largest absolute Gasteiger partial charge is 0.367 e. The van der Waals surface area contributed by atoms with E-state index in [2.05, 4.69) is 27.9 Å². The molecule has 0 radical (unpaired) electrons. The molecule has 1 atom stereocenters. The van der Waals surface area contributed by atoms with Gasteiger partial charge in [0.1, 0.15) is 0 Å². The Morgan fingerprint density at radius 1 is 1.62 bits per heavy atom. The Morgan fingerprint density at radius 2 is 2.46 bits per heavy atom. The highest BCUT2D eigenvalue weighted by atomic mass is 15.0. The average Bonchev–Trinajstić information content (AvgIpc) is 2.81. The lowest BCUT2D eigenvalue weighted by Crippen LogP contribution is -2.30. The average molecular weight is 179 g/mol. The fourth-order valence-corrected chi connectivity index (χ4v) is 1.51. The molecule has 1 fully saturated rings. The van der Waals surface area contributed by atoms with E-state index < -0.39 is 0 Å². The molecule has 3 nitrogen and oxygen atoms in total. The van der Waals surface area contributed by atoms with Crippen molar-refractivity contribution >= 4 is 0 Å². The van der Waals surface area contributed by atoms with Crippen molar-refractivity contribution in [3.8, 4) is 0 Å². The van der Waals surface area contributed by atoms with Gasteiger partial charge < -0.3 is 15.6 Å². The predicted octanol–water partition coefficient (Wildman–Crippen LogP) is 1.03. The molecule has 0 saturated heterocycles. The van der Waals surface area contributed by atoms with Crippen molar-refractivity contribution in [1.82, 2.24) is 15.6 Å². The molecule has 2 rings (SSSR count). The molecule has 3 heteroatoms. The van der Waals surface area contributed by atoms with Crippen molar-refractivity contribution in [1.29, 1.82) is 0 Å². The van der Waals surface area contributed by atoms with Gasteiger partial charge in [-0.2, -0.15) is 0 Å². The fourth-order valence-electron chi connectivity index (χ4n) is 1.51. The monoisotopic (exact) mass is 179 g/mol. The van der Waals surface area contributed by atoms with Crippen molar-refractivity contribution in [3.05, 3.63) is 24.0 Å². The van der Waals surface area contributed by atoms with Crippen LogP contribution in [0.1, 0.15) is 24.4 Å². The van der Waals surface area contributed by atoms with Gasteiger partial charge in [0.05, 0.1) is 0 Å². The summed E-state index contributed by atoms with van der Waals surface area (Å²) in [5.41, 5.74) is 1.33. The van der Waals surface area contributed by atoms with Crippen LogP contribution in [0.5, 0.6) is 0 Å². The molecule has 72 valence electrons. The Balaban J connectivity index is 1.85. The number of hydrogen-bond acceptors (Lipinski definition) is 2. The second kappa shape index (κ2) is 3.94. The topological polar surface area (TPSA) is 39.8 Å². The number of nitrogens with one attached hydrogen (secondary N) is 3. The molecule has 0 aliphatic heterocycles. The van der Waals surface area contributed by atoms with Crippen molar-refractivity contribution in [2.45, 2.75) is 24.9 Å². The fraction of sp³-hybridized carbons (Fsp3) is 0.600. The van der Waals surface area contributed by atoms with Gasteiger partial charge in [-0.1, -0.05) is 0 Å². The maximum Gasteiger partial charge on any atom is 0.0459 e. The zero-order valence-electron chi connectivity index (χ0n) is 8.01. The zero-order valence-corrected chi connectivity index (χ0v) is 8.01. The van der Waals surface area contributed by atoms with Crippen LogP contribution in [0.15, 0.2) is 18.5 Å². The van der Waals surface area contributed by atoms with Gasteiger partial charge in [0.2, 0.25) is 0 Å². The smallest absolute Gasteiger partial charge is 0.0459 e. The van der Waals surface area contributed by atoms with Crippen LogP contribution in [0, 0.1) is 0 Å². The van der Waals surface area contributed by atoms with Crippen LogP contribution in [0.3, 0.4) is 0 Å². The summed E-state index contributed by atoms with van der Waals surface area (Å²) in [6.07, 6.45) is 6.72. The Kier molecular flexibility index (Phi) is 2.66. The maximum atomic E-state index is 3.52. The zero-order chi connectivity index (χ0) is 9.10. The third kappa shape index (κ3) is 2.32. The van der Waals surface area contributed by atoms with Gasteiger partial charge in [-0.05, 0) is 31.5 Å². The van der Waals surface area contributed by atoms with E-state index >= 15 is 0 Å². The summed E-state index contributed by atoms with van der Waals surface area (Å²) >= 11 is 0. The number of H-pyrrole nitrogens is 1. The molecule has 0 aromatic carbocycles. The van der Waals surface area contributed by atoms with Gasteiger partial charge in [-0.15, -0.1) is 0 Å². The summed E-state index contributed by atoms with van der Waals surface area (Å²) in [7, 11) is 2.01. The standard InChI is InChI=1S/C10H17N3/c1-11-10(7-13-9-2-3-9)8-4-5-12-6-8/h4-6,9-13H,2-3,7H2,1H3. The highest BCUT2D eigenvalue weighted by Gasteiger charge is 2.21. The maximum absolute atomic E-state index is 3.52. The number of aromatic amines is 1. The molecule has 1 heterocycles. The van der Waals surface area contributed by atoms with Gasteiger partial charge in [0.25, 0.3) is 0 Å². The van der Waals surface area contributed by atoms with Crippen LogP contribution >= 0.6 is 0 Å². The van der Waals surface area contributed by atoms with Crippen LogP contribution in [0.4, 0.5) is 0 Å². The third-order valence-corrected chi connectivity index (χ3v) is 2.56. The molecule has 1 aliphatic carbocycles. The molecule has 0 spiro atoms. The molecule has 0 amide bonds. The predicted molar refractivity (Wildman–Crippen MR) is 53.6 cm³/mol. The van der Waals surface area contributed by atoms with Gasteiger partial charge >= 0.3 is 0 Å². The number of likely N-dealkylation sites (N-methyl/N-ethyl adjacent to an activating group) is 1. The molecule has 13 heavy (non-hydrogen) atoms.